The van der Waals surface area contributed by atoms with Crippen molar-refractivity contribution in [3.63, 3.8) is 0 Å². The molecule has 0 aliphatic carbocycles. The highest BCUT2D eigenvalue weighted by atomic mass is 19.4. The predicted octanol–water partition coefficient (Wildman–Crippen LogP) is 3.79. The molecule has 1 aromatic heterocycles. The van der Waals surface area contributed by atoms with Gasteiger partial charge in [0.05, 0.1) is 12.0 Å². The number of nitrogens with one attached hydrogen (secondary N) is 1. The average molecular weight is 304 g/mol. The second-order valence-corrected chi connectivity index (χ2v) is 6.10. The highest BCUT2D eigenvalue weighted by Crippen LogP contribution is 2.34. The number of carboxylic acids is 1. The zero-order valence-corrected chi connectivity index (χ0v) is 12.2. The number of aromatic nitrogens is 1. The first-order valence-corrected chi connectivity index (χ1v) is 6.49. The Bertz CT molecular complexity index is 496. The van der Waals surface area contributed by atoms with Crippen LogP contribution < -0.4 is 5.32 Å². The van der Waals surface area contributed by atoms with Gasteiger partial charge in [0.2, 0.25) is 0 Å². The number of carboxylic acid groups (broad SMARTS) is 1. The molecule has 1 aromatic rings. The molecule has 21 heavy (non-hydrogen) atoms. The smallest absolute Gasteiger partial charge is 0.419 e. The van der Waals surface area contributed by atoms with Gasteiger partial charge in [-0.15, -0.1) is 0 Å². The highest BCUT2D eigenvalue weighted by molar-refractivity contribution is 5.68. The summed E-state index contributed by atoms with van der Waals surface area (Å²) in [4.78, 5) is 14.6. The van der Waals surface area contributed by atoms with Crippen molar-refractivity contribution in [1.82, 2.24) is 4.98 Å². The van der Waals surface area contributed by atoms with Crippen LogP contribution in [0.4, 0.5) is 19.0 Å². The van der Waals surface area contributed by atoms with E-state index >= 15 is 0 Å². The first-order valence-electron chi connectivity index (χ1n) is 6.49. The third-order valence-corrected chi connectivity index (χ3v) is 2.73. The number of hydrogen-bond donors (Lipinski definition) is 2. The number of aliphatic carboxylic acids is 1. The molecule has 0 fully saturated rings. The summed E-state index contributed by atoms with van der Waals surface area (Å²) in [5.41, 5.74) is -1.12. The predicted molar refractivity (Wildman–Crippen MR) is 73.0 cm³/mol. The van der Waals surface area contributed by atoms with Crippen LogP contribution in [0.25, 0.3) is 0 Å². The number of halogens is 3. The molecular formula is C14H19F3N2O2. The van der Waals surface area contributed by atoms with Crippen LogP contribution in [0.1, 0.15) is 39.2 Å². The molecular weight excluding hydrogens is 285 g/mol. The molecule has 0 spiro atoms. The zero-order valence-electron chi connectivity index (χ0n) is 12.2. The number of anilines is 1. The summed E-state index contributed by atoms with van der Waals surface area (Å²) in [6.07, 6.45) is -3.16. The molecule has 0 aliphatic rings. The molecule has 2 N–H and O–H groups in total. The van der Waals surface area contributed by atoms with Gasteiger partial charge in [0.1, 0.15) is 5.82 Å². The fraction of sp³-hybridized carbons (Fsp3) is 0.571. The van der Waals surface area contributed by atoms with Gasteiger partial charge in [-0.2, -0.15) is 13.2 Å². The van der Waals surface area contributed by atoms with Crippen LogP contribution in [0, 0.1) is 5.41 Å². The van der Waals surface area contributed by atoms with Gasteiger partial charge in [-0.3, -0.25) is 4.79 Å². The monoisotopic (exact) mass is 304 g/mol. The van der Waals surface area contributed by atoms with Crippen molar-refractivity contribution >= 4 is 11.8 Å². The molecule has 1 heterocycles. The quantitative estimate of drug-likeness (QED) is 0.868. The van der Waals surface area contributed by atoms with E-state index in [-0.39, 0.29) is 17.7 Å². The highest BCUT2D eigenvalue weighted by Gasteiger charge is 2.35. The summed E-state index contributed by atoms with van der Waals surface area (Å²) in [5, 5.41) is 11.5. The number of alkyl halides is 3. The van der Waals surface area contributed by atoms with Crippen LogP contribution in [0.15, 0.2) is 18.3 Å². The van der Waals surface area contributed by atoms with Gasteiger partial charge in [-0.25, -0.2) is 4.98 Å². The fourth-order valence-electron chi connectivity index (χ4n) is 2.07. The lowest BCUT2D eigenvalue weighted by Gasteiger charge is -2.27. The number of rotatable bonds is 5. The van der Waals surface area contributed by atoms with Gasteiger partial charge in [-0.05, 0) is 24.0 Å². The third kappa shape index (κ3) is 6.01. The fourth-order valence-corrected chi connectivity index (χ4v) is 2.07. The maximum absolute atomic E-state index is 12.9. The Balaban J connectivity index is 3.01. The molecule has 118 valence electrons. The van der Waals surface area contributed by atoms with Crippen molar-refractivity contribution in [2.45, 2.75) is 45.8 Å². The summed E-state index contributed by atoms with van der Waals surface area (Å²) < 4.78 is 38.7. The zero-order chi connectivity index (χ0) is 16.3. The van der Waals surface area contributed by atoms with E-state index in [9.17, 15) is 18.0 Å². The summed E-state index contributed by atoms with van der Waals surface area (Å²) in [5.74, 6) is -1.40. The molecule has 7 heteroatoms. The molecule has 0 saturated heterocycles. The van der Waals surface area contributed by atoms with Gasteiger partial charge in [0.15, 0.2) is 0 Å². The van der Waals surface area contributed by atoms with Crippen LogP contribution in [-0.4, -0.2) is 22.1 Å². The van der Waals surface area contributed by atoms with Crippen LogP contribution in [0.3, 0.4) is 0 Å². The molecule has 0 radical (unpaired) electrons. The Labute approximate surface area is 121 Å². The Morgan fingerprint density at radius 1 is 1.38 bits per heavy atom. The maximum atomic E-state index is 12.9. The standard InChI is InChI=1S/C14H19F3N2O2/c1-13(2,3)8-9(7-11(20)21)19-12-10(14(15,16)17)5-4-6-18-12/h4-6,9H,7-8H2,1-3H3,(H,18,19)(H,20,21). The van der Waals surface area contributed by atoms with Crippen molar-refractivity contribution in [2.75, 3.05) is 5.32 Å². The summed E-state index contributed by atoms with van der Waals surface area (Å²) in [6.45, 7) is 5.69. The normalized spacial score (nSPS) is 13.8. The minimum absolute atomic E-state index is 0.222. The van der Waals surface area contributed by atoms with Crippen LogP contribution in [0.5, 0.6) is 0 Å². The molecule has 0 saturated carbocycles. The van der Waals surface area contributed by atoms with Gasteiger partial charge in [0.25, 0.3) is 0 Å². The van der Waals surface area contributed by atoms with E-state index in [2.05, 4.69) is 10.3 Å². The molecule has 0 amide bonds. The minimum Gasteiger partial charge on any atom is -0.481 e. The molecule has 0 aliphatic heterocycles. The SMILES string of the molecule is CC(C)(C)CC(CC(=O)O)Nc1ncccc1C(F)(F)F. The van der Waals surface area contributed by atoms with Crippen molar-refractivity contribution in [3.8, 4) is 0 Å². The van der Waals surface area contributed by atoms with Crippen LogP contribution in [0.2, 0.25) is 0 Å². The van der Waals surface area contributed by atoms with E-state index in [4.69, 9.17) is 5.11 Å². The minimum atomic E-state index is -4.54. The lowest BCUT2D eigenvalue weighted by Crippen LogP contribution is -2.29. The molecule has 0 bridgehead atoms. The second-order valence-electron chi connectivity index (χ2n) is 6.10. The van der Waals surface area contributed by atoms with Gasteiger partial charge in [-0.1, -0.05) is 20.8 Å². The Morgan fingerprint density at radius 3 is 2.48 bits per heavy atom. The van der Waals surface area contributed by atoms with Crippen LogP contribution >= 0.6 is 0 Å². The Hall–Kier alpha value is -1.79. The first kappa shape index (κ1) is 17.3. The second kappa shape index (κ2) is 6.32. The largest absolute Gasteiger partial charge is 0.481 e. The first-order chi connectivity index (χ1) is 9.49. The Morgan fingerprint density at radius 2 is 2.00 bits per heavy atom. The average Bonchev–Trinajstić information content (AvgIpc) is 2.24. The van der Waals surface area contributed by atoms with E-state index < -0.39 is 23.8 Å². The van der Waals surface area contributed by atoms with Crippen molar-refractivity contribution in [1.29, 1.82) is 0 Å². The molecule has 1 atom stereocenters. The number of pyridine rings is 1. The molecule has 1 rings (SSSR count). The number of nitrogens with zero attached hydrogens (tertiary/aromatic N) is 1. The lowest BCUT2D eigenvalue weighted by molar-refractivity contribution is -0.137. The van der Waals surface area contributed by atoms with Crippen molar-refractivity contribution in [3.05, 3.63) is 23.9 Å². The lowest BCUT2D eigenvalue weighted by atomic mass is 9.87. The maximum Gasteiger partial charge on any atom is 0.419 e. The van der Waals surface area contributed by atoms with Gasteiger partial charge < -0.3 is 10.4 Å². The molecule has 0 aromatic carbocycles. The number of carbonyl (C=O) groups is 1. The Kier molecular flexibility index (Phi) is 5.20. The van der Waals surface area contributed by atoms with E-state index in [0.29, 0.717) is 6.42 Å². The van der Waals surface area contributed by atoms with Crippen molar-refractivity contribution in [2.24, 2.45) is 5.41 Å². The summed E-state index contributed by atoms with van der Waals surface area (Å²) in [6, 6.07) is 1.49. The molecule has 4 nitrogen and oxygen atoms in total. The van der Waals surface area contributed by atoms with Crippen molar-refractivity contribution < 1.29 is 23.1 Å². The summed E-state index contributed by atoms with van der Waals surface area (Å²) >= 11 is 0. The topological polar surface area (TPSA) is 62.2 Å². The van der Waals surface area contributed by atoms with E-state index in [1.54, 1.807) is 0 Å². The van der Waals surface area contributed by atoms with Gasteiger partial charge in [0, 0.05) is 12.2 Å². The van der Waals surface area contributed by atoms with Gasteiger partial charge >= 0.3 is 12.1 Å². The summed E-state index contributed by atoms with van der Waals surface area (Å²) in [7, 11) is 0. The van der Waals surface area contributed by atoms with E-state index in [1.165, 1.54) is 12.3 Å². The molecule has 1 unspecified atom stereocenters. The third-order valence-electron chi connectivity index (χ3n) is 2.73. The number of hydrogen-bond acceptors (Lipinski definition) is 3. The van der Waals surface area contributed by atoms with E-state index in [0.717, 1.165) is 6.07 Å². The van der Waals surface area contributed by atoms with Crippen LogP contribution in [-0.2, 0) is 11.0 Å². The van der Waals surface area contributed by atoms with E-state index in [1.807, 2.05) is 20.8 Å².